The summed E-state index contributed by atoms with van der Waals surface area (Å²) in [6.07, 6.45) is 1.50. The Labute approximate surface area is 266 Å². The van der Waals surface area contributed by atoms with Gasteiger partial charge in [0.2, 0.25) is 5.91 Å². The fourth-order valence-electron chi connectivity index (χ4n) is 3.98. The molecule has 0 unspecified atom stereocenters. The molecular weight excluding hydrogens is 673 g/mol. The normalized spacial score (nSPS) is 11.0. The third-order valence-electron chi connectivity index (χ3n) is 6.11. The Kier molecular flexibility index (Phi) is 10.1. The first-order valence-corrected chi connectivity index (χ1v) is 15.3. The largest absolute Gasteiger partial charge is 0.457 e. The third kappa shape index (κ3) is 8.69. The van der Waals surface area contributed by atoms with Gasteiger partial charge < -0.3 is 20.4 Å². The van der Waals surface area contributed by atoms with E-state index in [0.29, 0.717) is 22.8 Å². The van der Waals surface area contributed by atoms with Crippen molar-refractivity contribution in [1.29, 1.82) is 0 Å². The maximum Gasteiger partial charge on any atom is 0.272 e. The van der Waals surface area contributed by atoms with Gasteiger partial charge in [0.05, 0.1) is 5.75 Å². The lowest BCUT2D eigenvalue weighted by Crippen LogP contribution is -2.30. The molecule has 5 rings (SSSR count). The van der Waals surface area contributed by atoms with Gasteiger partial charge in [-0.05, 0) is 95.4 Å². The van der Waals surface area contributed by atoms with Gasteiger partial charge in [-0.15, -0.1) is 11.8 Å². The van der Waals surface area contributed by atoms with Crippen molar-refractivity contribution in [2.45, 2.75) is 4.90 Å². The molecule has 9 heteroatoms. The molecule has 0 saturated heterocycles. The molecule has 3 amide bonds. The zero-order chi connectivity index (χ0) is 30.0. The summed E-state index contributed by atoms with van der Waals surface area (Å²) in [6.45, 7) is 0. The number of hydrogen-bond acceptors (Lipinski definition) is 5. The fourth-order valence-corrected chi connectivity index (χ4v) is 5.04. The number of furan rings is 1. The standard InChI is InChI=1S/C34H26IN3O4S/c35-25-11-13-26(14-12-25)36-32(39)22-43-29-18-15-27(16-19-29)37-34(41)30(38-33(40)24-9-5-2-6-10-24)21-28-17-20-31(42-28)23-7-3-1-4-8-23/h1-21H,22H2,(H,36,39)(H,37,41)(H,38,40)/b30-21+. The van der Waals surface area contributed by atoms with E-state index in [9.17, 15) is 14.4 Å². The molecule has 0 radical (unpaired) electrons. The monoisotopic (exact) mass is 699 g/mol. The number of carbonyl (C=O) groups is 3. The first kappa shape index (κ1) is 29.9. The molecule has 1 heterocycles. The van der Waals surface area contributed by atoms with Crippen molar-refractivity contribution in [3.63, 3.8) is 0 Å². The van der Waals surface area contributed by atoms with Crippen molar-refractivity contribution in [3.8, 4) is 11.3 Å². The second-order valence-electron chi connectivity index (χ2n) is 9.27. The molecule has 0 fully saturated rings. The average Bonchev–Trinajstić information content (AvgIpc) is 3.51. The summed E-state index contributed by atoms with van der Waals surface area (Å²) in [7, 11) is 0. The lowest BCUT2D eigenvalue weighted by atomic mass is 10.2. The Balaban J connectivity index is 1.26. The molecule has 0 aliphatic heterocycles. The van der Waals surface area contributed by atoms with E-state index in [-0.39, 0.29) is 17.4 Å². The Hall–Kier alpha value is -4.61. The highest BCUT2D eigenvalue weighted by molar-refractivity contribution is 14.1. The van der Waals surface area contributed by atoms with Crippen LogP contribution in [0.1, 0.15) is 16.1 Å². The SMILES string of the molecule is O=C(CSc1ccc(NC(=O)/C(=C\c2ccc(-c3ccccc3)o2)NC(=O)c2ccccc2)cc1)Nc1ccc(I)cc1. The van der Waals surface area contributed by atoms with Crippen molar-refractivity contribution < 1.29 is 18.8 Å². The molecule has 0 spiro atoms. The molecule has 0 bridgehead atoms. The van der Waals surface area contributed by atoms with Gasteiger partial charge in [-0.2, -0.15) is 0 Å². The van der Waals surface area contributed by atoms with Gasteiger partial charge in [0.25, 0.3) is 11.8 Å². The Morgan fingerprint density at radius 2 is 1.35 bits per heavy atom. The first-order chi connectivity index (χ1) is 20.9. The van der Waals surface area contributed by atoms with Crippen LogP contribution in [0.3, 0.4) is 0 Å². The van der Waals surface area contributed by atoms with E-state index in [0.717, 1.165) is 19.7 Å². The summed E-state index contributed by atoms with van der Waals surface area (Å²) in [5.74, 6) is 0.241. The number of hydrogen-bond donors (Lipinski definition) is 3. The molecule has 7 nitrogen and oxygen atoms in total. The molecule has 5 aromatic rings. The topological polar surface area (TPSA) is 100 Å². The zero-order valence-corrected chi connectivity index (χ0v) is 25.7. The quantitative estimate of drug-likeness (QED) is 0.0789. The molecule has 3 N–H and O–H groups in total. The maximum absolute atomic E-state index is 13.4. The molecule has 4 aromatic carbocycles. The van der Waals surface area contributed by atoms with Crippen molar-refractivity contribution in [2.24, 2.45) is 0 Å². The van der Waals surface area contributed by atoms with Crippen LogP contribution in [0.15, 0.2) is 136 Å². The molecule has 0 saturated carbocycles. The number of halogens is 1. The van der Waals surface area contributed by atoms with Gasteiger partial charge >= 0.3 is 0 Å². The summed E-state index contributed by atoms with van der Waals surface area (Å²) in [5.41, 5.74) is 2.61. The minimum atomic E-state index is -0.515. The molecule has 43 heavy (non-hydrogen) atoms. The number of benzene rings is 4. The van der Waals surface area contributed by atoms with E-state index in [4.69, 9.17) is 4.42 Å². The van der Waals surface area contributed by atoms with Gasteiger partial charge in [-0.3, -0.25) is 14.4 Å². The second-order valence-corrected chi connectivity index (χ2v) is 11.6. The van der Waals surface area contributed by atoms with Gasteiger partial charge in [-0.1, -0.05) is 48.5 Å². The highest BCUT2D eigenvalue weighted by Crippen LogP contribution is 2.24. The summed E-state index contributed by atoms with van der Waals surface area (Å²) in [5, 5.41) is 8.43. The van der Waals surface area contributed by atoms with E-state index < -0.39 is 11.8 Å². The van der Waals surface area contributed by atoms with E-state index in [1.165, 1.54) is 17.8 Å². The zero-order valence-electron chi connectivity index (χ0n) is 22.8. The average molecular weight is 700 g/mol. The van der Waals surface area contributed by atoms with E-state index in [1.807, 2.05) is 78.9 Å². The van der Waals surface area contributed by atoms with Crippen LogP contribution in [0.5, 0.6) is 0 Å². The highest BCUT2D eigenvalue weighted by Gasteiger charge is 2.16. The molecule has 0 atom stereocenters. The van der Waals surface area contributed by atoms with Crippen molar-refractivity contribution in [3.05, 3.63) is 142 Å². The van der Waals surface area contributed by atoms with E-state index in [1.54, 1.807) is 42.5 Å². The smallest absolute Gasteiger partial charge is 0.272 e. The van der Waals surface area contributed by atoms with Gasteiger partial charge in [0.15, 0.2) is 0 Å². The third-order valence-corrected chi connectivity index (χ3v) is 7.84. The number of amides is 3. The van der Waals surface area contributed by atoms with Crippen LogP contribution >= 0.6 is 34.4 Å². The molecule has 0 aliphatic carbocycles. The summed E-state index contributed by atoms with van der Waals surface area (Å²) >= 11 is 3.60. The maximum atomic E-state index is 13.4. The summed E-state index contributed by atoms with van der Waals surface area (Å²) in [4.78, 5) is 39.5. The predicted octanol–water partition coefficient (Wildman–Crippen LogP) is 7.69. The van der Waals surface area contributed by atoms with Crippen molar-refractivity contribution >= 4 is 69.5 Å². The summed E-state index contributed by atoms with van der Waals surface area (Å²) in [6, 6.07) is 36.5. The summed E-state index contributed by atoms with van der Waals surface area (Å²) < 4.78 is 7.04. The number of nitrogens with one attached hydrogen (secondary N) is 3. The van der Waals surface area contributed by atoms with Crippen LogP contribution in [-0.2, 0) is 9.59 Å². The molecule has 0 aliphatic rings. The predicted molar refractivity (Wildman–Crippen MR) is 180 cm³/mol. The molecule has 1 aromatic heterocycles. The van der Waals surface area contributed by atoms with Gasteiger partial charge in [0, 0.05) is 37.0 Å². The first-order valence-electron chi connectivity index (χ1n) is 13.3. The fraction of sp³-hybridized carbons (Fsp3) is 0.0294. The van der Waals surface area contributed by atoms with E-state index in [2.05, 4.69) is 38.5 Å². The number of thioether (sulfide) groups is 1. The van der Waals surface area contributed by atoms with Crippen LogP contribution < -0.4 is 16.0 Å². The van der Waals surface area contributed by atoms with Crippen LogP contribution in [0.2, 0.25) is 0 Å². The number of anilines is 2. The number of rotatable bonds is 10. The highest BCUT2D eigenvalue weighted by atomic mass is 127. The lowest BCUT2D eigenvalue weighted by molar-refractivity contribution is -0.114. The minimum Gasteiger partial charge on any atom is -0.457 e. The van der Waals surface area contributed by atoms with Crippen LogP contribution in [0.25, 0.3) is 17.4 Å². The molecule has 214 valence electrons. The van der Waals surface area contributed by atoms with Crippen LogP contribution in [0, 0.1) is 3.57 Å². The Bertz CT molecular complexity index is 1740. The lowest BCUT2D eigenvalue weighted by Gasteiger charge is -2.11. The second kappa shape index (κ2) is 14.5. The Morgan fingerprint density at radius 3 is 2.05 bits per heavy atom. The molecular formula is C34H26IN3O4S. The van der Waals surface area contributed by atoms with Crippen LogP contribution in [0.4, 0.5) is 11.4 Å². The van der Waals surface area contributed by atoms with Gasteiger partial charge in [0.1, 0.15) is 17.2 Å². The van der Waals surface area contributed by atoms with Crippen LogP contribution in [-0.4, -0.2) is 23.5 Å². The van der Waals surface area contributed by atoms with E-state index >= 15 is 0 Å². The van der Waals surface area contributed by atoms with Crippen molar-refractivity contribution in [2.75, 3.05) is 16.4 Å². The minimum absolute atomic E-state index is 0.0218. The Morgan fingerprint density at radius 1 is 0.721 bits per heavy atom. The van der Waals surface area contributed by atoms with Crippen molar-refractivity contribution in [1.82, 2.24) is 5.32 Å². The van der Waals surface area contributed by atoms with Gasteiger partial charge in [-0.25, -0.2) is 0 Å². The number of carbonyl (C=O) groups excluding carboxylic acids is 3.